The lowest BCUT2D eigenvalue weighted by atomic mass is 10.3. The van der Waals surface area contributed by atoms with Crippen molar-refractivity contribution in [2.75, 3.05) is 13.6 Å². The minimum Gasteiger partial charge on any atom is -0.207 e. The van der Waals surface area contributed by atoms with Gasteiger partial charge in [-0.3, -0.25) is 0 Å². The van der Waals surface area contributed by atoms with Crippen LogP contribution < -0.4 is 0 Å². The van der Waals surface area contributed by atoms with E-state index in [1.807, 2.05) is 0 Å². The lowest BCUT2D eigenvalue weighted by molar-refractivity contribution is 0.500. The van der Waals surface area contributed by atoms with E-state index in [2.05, 4.69) is 15.9 Å². The monoisotopic (exact) mass is 306 g/mol. The van der Waals surface area contributed by atoms with Crippen molar-refractivity contribution >= 4 is 26.0 Å². The number of hydrogen-bond acceptors (Lipinski definition) is 3. The lowest BCUT2D eigenvalue weighted by Gasteiger charge is -2.13. The van der Waals surface area contributed by atoms with Crippen molar-refractivity contribution in [2.45, 2.75) is 4.90 Å². The maximum Gasteiger partial charge on any atom is 0.243 e. The van der Waals surface area contributed by atoms with Crippen LogP contribution in [0.15, 0.2) is 27.6 Å². The van der Waals surface area contributed by atoms with E-state index >= 15 is 0 Å². The summed E-state index contributed by atoms with van der Waals surface area (Å²) < 4.78 is 37.8. The molecule has 4 nitrogen and oxygen atoms in total. The van der Waals surface area contributed by atoms with Crippen molar-refractivity contribution in [2.24, 2.45) is 0 Å². The zero-order valence-electron chi connectivity index (χ0n) is 8.31. The first-order valence-corrected chi connectivity index (χ1v) is 6.41. The van der Waals surface area contributed by atoms with Gasteiger partial charge in [0, 0.05) is 7.05 Å². The molecule has 86 valence electrons. The van der Waals surface area contributed by atoms with E-state index in [0.29, 0.717) is 0 Å². The van der Waals surface area contributed by atoms with Crippen molar-refractivity contribution in [3.63, 3.8) is 0 Å². The summed E-state index contributed by atoms with van der Waals surface area (Å²) in [6.07, 6.45) is 0. The topological polar surface area (TPSA) is 61.2 Å². The molecule has 1 aromatic carbocycles. The predicted octanol–water partition coefficient (Wildman–Crippen LogP) is 1.73. The van der Waals surface area contributed by atoms with Crippen molar-refractivity contribution < 1.29 is 12.8 Å². The third-order valence-electron chi connectivity index (χ3n) is 1.89. The maximum absolute atomic E-state index is 13.2. The summed E-state index contributed by atoms with van der Waals surface area (Å²) in [5.41, 5.74) is 0. The van der Waals surface area contributed by atoms with Gasteiger partial charge in [-0.1, -0.05) is 0 Å². The molecule has 0 amide bonds. The molecule has 16 heavy (non-hydrogen) atoms. The third-order valence-corrected chi connectivity index (χ3v) is 4.34. The molecule has 0 fully saturated rings. The van der Waals surface area contributed by atoms with Gasteiger partial charge < -0.3 is 0 Å². The fourth-order valence-electron chi connectivity index (χ4n) is 1.00. The Kier molecular flexibility index (Phi) is 4.02. The highest BCUT2D eigenvalue weighted by molar-refractivity contribution is 9.10. The SMILES string of the molecule is CN(CC#N)S(=O)(=O)c1ccc(Br)c(F)c1. The first kappa shape index (κ1) is 13.1. The van der Waals surface area contributed by atoms with Crippen LogP contribution in [0.1, 0.15) is 0 Å². The number of rotatable bonds is 3. The minimum atomic E-state index is -3.79. The molecule has 0 saturated heterocycles. The van der Waals surface area contributed by atoms with Crippen LogP contribution >= 0.6 is 15.9 Å². The Bertz CT molecular complexity index is 539. The number of nitrogens with zero attached hydrogens (tertiary/aromatic N) is 2. The number of hydrogen-bond donors (Lipinski definition) is 0. The molecular formula is C9H8BrFN2O2S. The van der Waals surface area contributed by atoms with Gasteiger partial charge in [0.2, 0.25) is 10.0 Å². The molecule has 1 aromatic rings. The van der Waals surface area contributed by atoms with Gasteiger partial charge in [-0.2, -0.15) is 9.57 Å². The molecule has 0 aliphatic carbocycles. The molecule has 0 radical (unpaired) electrons. The summed E-state index contributed by atoms with van der Waals surface area (Å²) in [5.74, 6) is -0.661. The number of sulfonamides is 1. The Morgan fingerprint density at radius 1 is 1.56 bits per heavy atom. The molecule has 7 heteroatoms. The van der Waals surface area contributed by atoms with Crippen LogP contribution in [-0.2, 0) is 10.0 Å². The van der Waals surface area contributed by atoms with Crippen LogP contribution in [0.4, 0.5) is 4.39 Å². The Hall–Kier alpha value is -0.970. The summed E-state index contributed by atoms with van der Waals surface area (Å²) >= 11 is 2.93. The van der Waals surface area contributed by atoms with Gasteiger partial charge in [0.15, 0.2) is 0 Å². The van der Waals surface area contributed by atoms with Crippen molar-refractivity contribution in [1.82, 2.24) is 4.31 Å². The average Bonchev–Trinajstić information content (AvgIpc) is 2.22. The molecule has 0 N–H and O–H groups in total. The number of nitriles is 1. The van der Waals surface area contributed by atoms with Gasteiger partial charge in [0.05, 0.1) is 15.4 Å². The van der Waals surface area contributed by atoms with Crippen molar-refractivity contribution in [3.8, 4) is 6.07 Å². The van der Waals surface area contributed by atoms with E-state index in [0.717, 1.165) is 10.4 Å². The standard InChI is InChI=1S/C9H8BrFN2O2S/c1-13(5-4-12)16(14,15)7-2-3-8(10)9(11)6-7/h2-3,6H,5H2,1H3. The summed E-state index contributed by atoms with van der Waals surface area (Å²) in [5, 5.41) is 8.41. The van der Waals surface area contributed by atoms with Gasteiger partial charge in [-0.25, -0.2) is 12.8 Å². The van der Waals surface area contributed by atoms with Crippen LogP contribution in [0.2, 0.25) is 0 Å². The molecule has 0 aliphatic heterocycles. The molecule has 0 aliphatic rings. The van der Waals surface area contributed by atoms with Gasteiger partial charge in [-0.15, -0.1) is 0 Å². The van der Waals surface area contributed by atoms with Crippen molar-refractivity contribution in [1.29, 1.82) is 5.26 Å². The Morgan fingerprint density at radius 3 is 2.69 bits per heavy atom. The predicted molar refractivity (Wildman–Crippen MR) is 59.5 cm³/mol. The zero-order valence-corrected chi connectivity index (χ0v) is 10.7. The van der Waals surface area contributed by atoms with Crippen LogP contribution in [0.5, 0.6) is 0 Å². The summed E-state index contributed by atoms with van der Waals surface area (Å²) in [6, 6.07) is 5.21. The van der Waals surface area contributed by atoms with E-state index in [9.17, 15) is 12.8 Å². The second kappa shape index (κ2) is 4.91. The third kappa shape index (κ3) is 2.58. The number of benzene rings is 1. The normalized spacial score (nSPS) is 11.4. The Labute approximate surface area is 101 Å². The zero-order chi connectivity index (χ0) is 12.3. The smallest absolute Gasteiger partial charge is 0.207 e. The first-order chi connectivity index (χ1) is 7.39. The van der Waals surface area contributed by atoms with Gasteiger partial charge in [-0.05, 0) is 34.1 Å². The second-order valence-corrected chi connectivity index (χ2v) is 5.89. The van der Waals surface area contributed by atoms with E-state index in [1.54, 1.807) is 6.07 Å². The van der Waals surface area contributed by atoms with E-state index in [-0.39, 0.29) is 15.9 Å². The fourth-order valence-corrected chi connectivity index (χ4v) is 2.33. The molecule has 0 atom stereocenters. The molecule has 0 aromatic heterocycles. The van der Waals surface area contributed by atoms with E-state index in [1.165, 1.54) is 19.2 Å². The van der Waals surface area contributed by atoms with Gasteiger partial charge in [0.1, 0.15) is 12.4 Å². The van der Waals surface area contributed by atoms with Crippen LogP contribution in [0, 0.1) is 17.1 Å². The quantitative estimate of drug-likeness (QED) is 0.799. The minimum absolute atomic E-state index is 0.175. The molecule has 0 unspecified atom stereocenters. The largest absolute Gasteiger partial charge is 0.243 e. The average molecular weight is 307 g/mol. The highest BCUT2D eigenvalue weighted by Gasteiger charge is 2.21. The Balaban J connectivity index is 3.18. The van der Waals surface area contributed by atoms with Gasteiger partial charge in [0.25, 0.3) is 0 Å². The maximum atomic E-state index is 13.2. The molecular weight excluding hydrogens is 299 g/mol. The summed E-state index contributed by atoms with van der Waals surface area (Å²) in [7, 11) is -2.53. The van der Waals surface area contributed by atoms with Crippen LogP contribution in [-0.4, -0.2) is 26.3 Å². The number of halogens is 2. The second-order valence-electron chi connectivity index (χ2n) is 3.00. The molecule has 1 rings (SSSR count). The summed E-state index contributed by atoms with van der Waals surface area (Å²) in [6.45, 7) is -0.278. The van der Waals surface area contributed by atoms with Crippen molar-refractivity contribution in [3.05, 3.63) is 28.5 Å². The molecule has 0 saturated carbocycles. The lowest BCUT2D eigenvalue weighted by Crippen LogP contribution is -2.27. The summed E-state index contributed by atoms with van der Waals surface area (Å²) in [4.78, 5) is -0.175. The molecule has 0 bridgehead atoms. The highest BCUT2D eigenvalue weighted by atomic mass is 79.9. The molecule has 0 spiro atoms. The first-order valence-electron chi connectivity index (χ1n) is 4.18. The van der Waals surface area contributed by atoms with E-state index in [4.69, 9.17) is 5.26 Å². The Morgan fingerprint density at radius 2 is 2.19 bits per heavy atom. The van der Waals surface area contributed by atoms with Crippen LogP contribution in [0.25, 0.3) is 0 Å². The highest BCUT2D eigenvalue weighted by Crippen LogP contribution is 2.21. The van der Waals surface area contributed by atoms with Gasteiger partial charge >= 0.3 is 0 Å². The van der Waals surface area contributed by atoms with Crippen LogP contribution in [0.3, 0.4) is 0 Å². The fraction of sp³-hybridized carbons (Fsp3) is 0.222. The molecule has 0 heterocycles. The van der Waals surface area contributed by atoms with E-state index < -0.39 is 15.8 Å².